The van der Waals surface area contributed by atoms with E-state index in [1.54, 1.807) is 0 Å². The molecule has 0 radical (unpaired) electrons. The first-order valence-corrected chi connectivity index (χ1v) is 17.3. The second-order valence-corrected chi connectivity index (χ2v) is 22.2. The molecular weight excluding hydrogens is 560 g/mol. The van der Waals surface area contributed by atoms with Gasteiger partial charge in [0.1, 0.15) is 0 Å². The average molecular weight is 604 g/mol. The van der Waals surface area contributed by atoms with Crippen molar-refractivity contribution in [2.45, 2.75) is 83.1 Å². The van der Waals surface area contributed by atoms with Crippen molar-refractivity contribution in [2.24, 2.45) is 21.7 Å². The van der Waals surface area contributed by atoms with Gasteiger partial charge in [0.25, 0.3) is 0 Å². The maximum absolute atomic E-state index is 5.51. The molecule has 0 aliphatic rings. The van der Waals surface area contributed by atoms with Crippen molar-refractivity contribution in [3.63, 3.8) is 0 Å². The van der Waals surface area contributed by atoms with Gasteiger partial charge in [-0.3, -0.25) is 18.1 Å². The Hall–Kier alpha value is 2.72. The average Bonchev–Trinajstić information content (AvgIpc) is 2.46. The number of rotatable bonds is 8. The Balaban J connectivity index is -0.000000490. The Morgan fingerprint density at radius 1 is 0.419 bits per heavy atom. The molecule has 0 spiro atoms. The Morgan fingerprint density at radius 3 is 0.645 bits per heavy atom. The van der Waals surface area contributed by atoms with E-state index < -0.39 is 12.2 Å². The van der Waals surface area contributed by atoms with Gasteiger partial charge in [-0.25, -0.2) is 0 Å². The van der Waals surface area contributed by atoms with Gasteiger partial charge in [0.2, 0.25) is 0 Å². The fourth-order valence-corrected chi connectivity index (χ4v) is 4.76. The van der Waals surface area contributed by atoms with Crippen molar-refractivity contribution in [1.29, 1.82) is 0 Å². The van der Waals surface area contributed by atoms with E-state index in [0.717, 1.165) is 0 Å². The van der Waals surface area contributed by atoms with Gasteiger partial charge in [-0.1, -0.05) is 83.1 Å². The fraction of sp³-hybridized carbons (Fsp3) is 1.00. The Labute approximate surface area is 228 Å². The molecule has 0 unspecified atom stereocenters. The van der Waals surface area contributed by atoms with Gasteiger partial charge in [-0.05, 0) is 21.7 Å². The molecule has 0 heterocycles. The summed E-state index contributed by atoms with van der Waals surface area (Å²) in [6.45, 7) is 27.2. The van der Waals surface area contributed by atoms with Gasteiger partial charge in [0.15, 0.2) is 0 Å². The SMILES string of the molecule is CC(C)(C)CO[P+]([S-])([S-])OCC(C)(C)C.CC(C)(C)CO[P+]([S-])([S-])OCC(C)(C)C.[Zn+2]. The summed E-state index contributed by atoms with van der Waals surface area (Å²) >= 11 is 20.6. The van der Waals surface area contributed by atoms with Crippen LogP contribution in [0.5, 0.6) is 0 Å². The quantitative estimate of drug-likeness (QED) is 0.158. The molecule has 0 amide bonds. The van der Waals surface area contributed by atoms with Gasteiger partial charge in [-0.2, -0.15) is 0 Å². The van der Waals surface area contributed by atoms with Crippen LogP contribution in [0.3, 0.4) is 0 Å². The summed E-state index contributed by atoms with van der Waals surface area (Å²) < 4.78 is 22.0. The van der Waals surface area contributed by atoms with E-state index in [2.05, 4.69) is 83.1 Å². The van der Waals surface area contributed by atoms with E-state index in [9.17, 15) is 0 Å². The fourth-order valence-electron chi connectivity index (χ4n) is 1.17. The topological polar surface area (TPSA) is 36.9 Å². The van der Waals surface area contributed by atoms with Gasteiger partial charge in [-0.15, -0.1) is 0 Å². The molecule has 0 aromatic rings. The summed E-state index contributed by atoms with van der Waals surface area (Å²) in [5.74, 6) is 0. The number of hydrogen-bond acceptors (Lipinski definition) is 8. The molecule has 0 rings (SSSR count). The normalized spacial score (nSPS) is 13.9. The third-order valence-electron chi connectivity index (χ3n) is 2.62. The molecule has 31 heavy (non-hydrogen) atoms. The maximum atomic E-state index is 5.51. The minimum absolute atomic E-state index is 0. The molecule has 0 saturated heterocycles. The van der Waals surface area contributed by atoms with Crippen molar-refractivity contribution >= 4 is 61.2 Å². The van der Waals surface area contributed by atoms with E-state index in [0.29, 0.717) is 26.4 Å². The first-order chi connectivity index (χ1) is 12.8. The van der Waals surface area contributed by atoms with E-state index in [1.165, 1.54) is 0 Å². The van der Waals surface area contributed by atoms with Crippen LogP contribution < -0.4 is 0 Å². The third-order valence-corrected chi connectivity index (χ3v) is 6.93. The zero-order valence-electron chi connectivity index (χ0n) is 21.7. The summed E-state index contributed by atoms with van der Waals surface area (Å²) in [5.41, 5.74) is 0.309. The second kappa shape index (κ2) is 15.1. The molecule has 0 aliphatic heterocycles. The molecule has 11 heteroatoms. The van der Waals surface area contributed by atoms with Crippen LogP contribution in [0, 0.1) is 21.7 Å². The summed E-state index contributed by atoms with van der Waals surface area (Å²) in [6.07, 6.45) is -4.94. The summed E-state index contributed by atoms with van der Waals surface area (Å²) in [5, 5.41) is 0. The monoisotopic (exact) mass is 602 g/mol. The standard InChI is InChI=1S/2C10H23O2PS2.Zn/c2*1-9(2,3)7-11-13(14,15)12-8-10(4,5)6;/h2*7-8H2,1-6H3,(H,14,15);/q;;+2/p-2. The van der Waals surface area contributed by atoms with Crippen molar-refractivity contribution in [3.8, 4) is 0 Å². The van der Waals surface area contributed by atoms with Gasteiger partial charge in [0, 0.05) is 12.2 Å². The third kappa shape index (κ3) is 32.7. The first kappa shape index (κ1) is 38.3. The Kier molecular flexibility index (Phi) is 18.6. The van der Waals surface area contributed by atoms with Gasteiger partial charge >= 0.3 is 19.5 Å². The van der Waals surface area contributed by atoms with Crippen LogP contribution in [-0.2, 0) is 86.6 Å². The predicted octanol–water partition coefficient (Wildman–Crippen LogP) is 7.76. The van der Waals surface area contributed by atoms with Crippen LogP contribution in [-0.4, -0.2) is 26.4 Å². The van der Waals surface area contributed by atoms with Crippen LogP contribution in [0.2, 0.25) is 0 Å². The molecule has 0 aliphatic carbocycles. The van der Waals surface area contributed by atoms with Gasteiger partial charge in [0.05, 0.1) is 26.4 Å². The zero-order valence-corrected chi connectivity index (χ0v) is 29.7. The van der Waals surface area contributed by atoms with E-state index in [1.807, 2.05) is 0 Å². The van der Waals surface area contributed by atoms with E-state index in [4.69, 9.17) is 67.1 Å². The summed E-state index contributed by atoms with van der Waals surface area (Å²) in [6, 6.07) is 0. The molecule has 0 atom stereocenters. The Morgan fingerprint density at radius 2 is 0.548 bits per heavy atom. The first-order valence-electron chi connectivity index (χ1n) is 10.0. The van der Waals surface area contributed by atoms with Crippen LogP contribution in [0.15, 0.2) is 0 Å². The van der Waals surface area contributed by atoms with Crippen LogP contribution >= 0.6 is 12.2 Å². The van der Waals surface area contributed by atoms with Gasteiger partial charge < -0.3 is 49.0 Å². The van der Waals surface area contributed by atoms with E-state index in [-0.39, 0.29) is 41.1 Å². The molecule has 0 aromatic carbocycles. The minimum Gasteiger partial charge on any atom is -0.516 e. The zero-order chi connectivity index (χ0) is 24.7. The van der Waals surface area contributed by atoms with Crippen molar-refractivity contribution < 1.29 is 37.6 Å². The molecule has 4 nitrogen and oxygen atoms in total. The largest absolute Gasteiger partial charge is 2.00 e. The van der Waals surface area contributed by atoms with Crippen LogP contribution in [0.25, 0.3) is 0 Å². The van der Waals surface area contributed by atoms with E-state index >= 15 is 0 Å². The molecule has 0 saturated carbocycles. The molecular formula is C20H44O4P2S4Zn. The molecule has 0 fully saturated rings. The molecule has 0 aromatic heterocycles. The smallest absolute Gasteiger partial charge is 0.516 e. The second-order valence-electron chi connectivity index (χ2n) is 12.2. The summed E-state index contributed by atoms with van der Waals surface area (Å²) in [4.78, 5) is 0. The molecule has 184 valence electrons. The van der Waals surface area contributed by atoms with Crippen LogP contribution in [0.4, 0.5) is 0 Å². The molecule has 0 N–H and O–H groups in total. The number of hydrogen-bond donors (Lipinski definition) is 0. The van der Waals surface area contributed by atoms with Crippen molar-refractivity contribution in [3.05, 3.63) is 0 Å². The Bertz CT molecular complexity index is 400. The maximum Gasteiger partial charge on any atom is 2.00 e. The molecule has 0 bridgehead atoms. The summed E-state index contributed by atoms with van der Waals surface area (Å²) in [7, 11) is 0. The predicted molar refractivity (Wildman–Crippen MR) is 145 cm³/mol. The van der Waals surface area contributed by atoms with Crippen molar-refractivity contribution in [2.75, 3.05) is 26.4 Å². The van der Waals surface area contributed by atoms with Crippen LogP contribution in [0.1, 0.15) is 83.1 Å². The van der Waals surface area contributed by atoms with Crippen molar-refractivity contribution in [1.82, 2.24) is 0 Å². The minimum atomic E-state index is -2.47.